The van der Waals surface area contributed by atoms with Gasteiger partial charge in [-0.3, -0.25) is 9.59 Å². The normalized spacial score (nSPS) is 14.8. The van der Waals surface area contributed by atoms with Crippen molar-refractivity contribution in [2.45, 2.75) is 63.9 Å². The smallest absolute Gasteiger partial charge is 0.408 e. The van der Waals surface area contributed by atoms with E-state index in [1.165, 1.54) is 0 Å². The van der Waals surface area contributed by atoms with E-state index in [2.05, 4.69) is 29.8 Å². The minimum Gasteiger partial charge on any atom is -0.444 e. The molecule has 0 aromatic heterocycles. The largest absolute Gasteiger partial charge is 0.444 e. The molecule has 0 heterocycles. The molecule has 0 aliphatic heterocycles. The van der Waals surface area contributed by atoms with Crippen molar-refractivity contribution in [1.29, 1.82) is 0 Å². The van der Waals surface area contributed by atoms with Crippen LogP contribution in [0.15, 0.2) is 61.2 Å². The summed E-state index contributed by atoms with van der Waals surface area (Å²) in [5.41, 5.74) is 1.76. The topological polar surface area (TPSA) is 87.7 Å². The van der Waals surface area contributed by atoms with Gasteiger partial charge in [-0.15, -0.1) is 0 Å². The van der Waals surface area contributed by atoms with Crippen LogP contribution in [0.25, 0.3) is 6.08 Å². The van der Waals surface area contributed by atoms with Gasteiger partial charge in [0.15, 0.2) is 0 Å². The van der Waals surface area contributed by atoms with Crippen molar-refractivity contribution >= 4 is 36.6 Å². The SMILES string of the molecule is C=Cc1cccc(C(C(=O)NCc2ccccc2)N(C(=O)C(CS)NC(=O)OC(C)(C)C)C2CC2)c1. The monoisotopic (exact) mass is 509 g/mol. The van der Waals surface area contributed by atoms with E-state index < -0.39 is 23.8 Å². The number of alkyl carbamates (subject to hydrolysis) is 1. The first-order chi connectivity index (χ1) is 17.1. The van der Waals surface area contributed by atoms with Crippen LogP contribution in [0.4, 0.5) is 4.79 Å². The molecule has 192 valence electrons. The van der Waals surface area contributed by atoms with Crippen molar-refractivity contribution in [3.63, 3.8) is 0 Å². The zero-order chi connectivity index (χ0) is 26.3. The first-order valence-electron chi connectivity index (χ1n) is 12.1. The van der Waals surface area contributed by atoms with Crippen LogP contribution in [0, 0.1) is 0 Å². The Balaban J connectivity index is 1.91. The summed E-state index contributed by atoms with van der Waals surface area (Å²) < 4.78 is 5.34. The number of nitrogens with zero attached hydrogens (tertiary/aromatic N) is 1. The molecule has 36 heavy (non-hydrogen) atoms. The van der Waals surface area contributed by atoms with Crippen molar-refractivity contribution in [1.82, 2.24) is 15.5 Å². The molecular weight excluding hydrogens is 474 g/mol. The summed E-state index contributed by atoms with van der Waals surface area (Å²) >= 11 is 4.32. The van der Waals surface area contributed by atoms with Gasteiger partial charge in [-0.1, -0.05) is 61.2 Å². The number of hydrogen-bond donors (Lipinski definition) is 3. The van der Waals surface area contributed by atoms with Crippen LogP contribution in [-0.4, -0.2) is 46.2 Å². The number of benzene rings is 2. The number of ether oxygens (including phenoxy) is 1. The predicted molar refractivity (Wildman–Crippen MR) is 144 cm³/mol. The number of carbonyl (C=O) groups is 3. The van der Waals surface area contributed by atoms with Gasteiger partial charge < -0.3 is 20.3 Å². The van der Waals surface area contributed by atoms with Crippen LogP contribution in [0.3, 0.4) is 0 Å². The molecule has 2 atom stereocenters. The van der Waals surface area contributed by atoms with Crippen molar-refractivity contribution in [3.05, 3.63) is 77.9 Å². The first kappa shape index (κ1) is 27.3. The van der Waals surface area contributed by atoms with E-state index in [4.69, 9.17) is 4.74 Å². The van der Waals surface area contributed by atoms with Crippen LogP contribution in [0.5, 0.6) is 0 Å². The lowest BCUT2D eigenvalue weighted by Gasteiger charge is -2.34. The molecule has 2 N–H and O–H groups in total. The molecule has 3 rings (SSSR count). The molecule has 3 amide bonds. The minimum atomic E-state index is -0.948. The molecule has 0 spiro atoms. The second-order valence-electron chi connectivity index (χ2n) is 9.84. The number of hydrogen-bond acceptors (Lipinski definition) is 5. The highest BCUT2D eigenvalue weighted by molar-refractivity contribution is 7.80. The lowest BCUT2D eigenvalue weighted by Crippen LogP contribution is -2.54. The molecule has 0 radical (unpaired) electrons. The molecule has 2 unspecified atom stereocenters. The highest BCUT2D eigenvalue weighted by atomic mass is 32.1. The average Bonchev–Trinajstić information content (AvgIpc) is 3.68. The highest BCUT2D eigenvalue weighted by Gasteiger charge is 2.43. The molecule has 8 heteroatoms. The molecular formula is C28H35N3O4S. The van der Waals surface area contributed by atoms with Gasteiger partial charge in [-0.05, 0) is 56.4 Å². The Morgan fingerprint density at radius 2 is 1.83 bits per heavy atom. The third-order valence-electron chi connectivity index (χ3n) is 5.66. The molecule has 0 bridgehead atoms. The standard InChI is InChI=1S/C28H35N3O4S/c1-5-19-12-9-13-21(16-19)24(25(32)29-17-20-10-7-6-8-11-20)31(22-14-15-22)26(33)23(18-36)30-27(34)35-28(2,3)4/h5-13,16,22-24,36H,1,14-15,17-18H2,2-4H3,(H,29,32)(H,30,34). The average molecular weight is 510 g/mol. The number of nitrogens with one attached hydrogen (secondary N) is 2. The zero-order valence-corrected chi connectivity index (χ0v) is 22.0. The summed E-state index contributed by atoms with van der Waals surface area (Å²) in [6, 6.07) is 15.1. The Morgan fingerprint density at radius 3 is 2.42 bits per heavy atom. The number of carbonyl (C=O) groups excluding carboxylic acids is 3. The summed E-state index contributed by atoms with van der Waals surface area (Å²) in [6.07, 6.45) is 2.55. The quantitative estimate of drug-likeness (QED) is 0.412. The molecule has 7 nitrogen and oxygen atoms in total. The fourth-order valence-corrected chi connectivity index (χ4v) is 4.11. The van der Waals surface area contributed by atoms with E-state index in [-0.39, 0.29) is 23.6 Å². The number of amides is 3. The maximum Gasteiger partial charge on any atom is 0.408 e. The predicted octanol–water partition coefficient (Wildman–Crippen LogP) is 4.50. The molecule has 1 fully saturated rings. The molecule has 1 aliphatic rings. The summed E-state index contributed by atoms with van der Waals surface area (Å²) in [5.74, 6) is -0.607. The highest BCUT2D eigenvalue weighted by Crippen LogP contribution is 2.36. The third-order valence-corrected chi connectivity index (χ3v) is 6.03. The third kappa shape index (κ3) is 7.62. The number of thiol groups is 1. The van der Waals surface area contributed by atoms with Gasteiger partial charge in [-0.2, -0.15) is 12.6 Å². The molecule has 2 aromatic rings. The summed E-state index contributed by atoms with van der Waals surface area (Å²) in [4.78, 5) is 41.5. The van der Waals surface area contributed by atoms with Crippen LogP contribution in [0.1, 0.15) is 56.3 Å². The summed E-state index contributed by atoms with van der Waals surface area (Å²) in [5, 5.41) is 5.63. The molecule has 0 saturated heterocycles. The molecule has 2 aromatic carbocycles. The second kappa shape index (κ2) is 12.1. The van der Waals surface area contributed by atoms with Crippen molar-refractivity contribution in [3.8, 4) is 0 Å². The van der Waals surface area contributed by atoms with Crippen molar-refractivity contribution in [2.75, 3.05) is 5.75 Å². The zero-order valence-electron chi connectivity index (χ0n) is 21.1. The molecule has 1 saturated carbocycles. The fourth-order valence-electron chi connectivity index (χ4n) is 3.86. The molecule has 1 aliphatic carbocycles. The Kier molecular flexibility index (Phi) is 9.20. The lowest BCUT2D eigenvalue weighted by atomic mass is 10.00. The lowest BCUT2D eigenvalue weighted by molar-refractivity contribution is -0.142. The van der Waals surface area contributed by atoms with E-state index in [0.717, 1.165) is 24.0 Å². The minimum absolute atomic E-state index is 0.0619. The van der Waals surface area contributed by atoms with Gasteiger partial charge in [-0.25, -0.2) is 4.79 Å². The van der Waals surface area contributed by atoms with Gasteiger partial charge in [0.2, 0.25) is 11.8 Å². The van der Waals surface area contributed by atoms with Crippen LogP contribution in [-0.2, 0) is 20.9 Å². The fraction of sp³-hybridized carbons (Fsp3) is 0.393. The van der Waals surface area contributed by atoms with Gasteiger partial charge in [0.1, 0.15) is 17.7 Å². The van der Waals surface area contributed by atoms with Crippen LogP contribution < -0.4 is 10.6 Å². The van der Waals surface area contributed by atoms with Gasteiger partial charge in [0, 0.05) is 18.3 Å². The van der Waals surface area contributed by atoms with E-state index in [1.54, 1.807) is 31.7 Å². The summed E-state index contributed by atoms with van der Waals surface area (Å²) in [7, 11) is 0. The maximum atomic E-state index is 13.8. The Bertz CT molecular complexity index is 1080. The van der Waals surface area contributed by atoms with Crippen LogP contribution in [0.2, 0.25) is 0 Å². The Labute approximate surface area is 218 Å². The maximum absolute atomic E-state index is 13.8. The Hall–Kier alpha value is -3.26. The van der Waals surface area contributed by atoms with Crippen molar-refractivity contribution in [2.24, 2.45) is 0 Å². The number of rotatable bonds is 10. The first-order valence-corrected chi connectivity index (χ1v) is 12.7. The Morgan fingerprint density at radius 1 is 1.14 bits per heavy atom. The van der Waals surface area contributed by atoms with Gasteiger partial charge in [0.25, 0.3) is 0 Å². The van der Waals surface area contributed by atoms with E-state index >= 15 is 0 Å². The summed E-state index contributed by atoms with van der Waals surface area (Å²) in [6.45, 7) is 9.41. The van der Waals surface area contributed by atoms with Crippen LogP contribution >= 0.6 is 12.6 Å². The van der Waals surface area contributed by atoms with E-state index in [0.29, 0.717) is 12.1 Å². The van der Waals surface area contributed by atoms with E-state index in [1.807, 2.05) is 54.6 Å². The van der Waals surface area contributed by atoms with Crippen molar-refractivity contribution < 1.29 is 19.1 Å². The second-order valence-corrected chi connectivity index (χ2v) is 10.2. The van der Waals surface area contributed by atoms with Gasteiger partial charge in [0.05, 0.1) is 0 Å². The van der Waals surface area contributed by atoms with Gasteiger partial charge >= 0.3 is 6.09 Å². The van der Waals surface area contributed by atoms with E-state index in [9.17, 15) is 14.4 Å².